The van der Waals surface area contributed by atoms with E-state index in [0.717, 1.165) is 6.54 Å². The Kier molecular flexibility index (Phi) is 16.4. The minimum Gasteiger partial charge on any atom is -0.481 e. The van der Waals surface area contributed by atoms with Gasteiger partial charge in [-0.15, -0.1) is 0 Å². The maximum Gasteiger partial charge on any atom is 0.304 e. The van der Waals surface area contributed by atoms with Gasteiger partial charge in [-0.05, 0) is 12.8 Å². The molecule has 0 aliphatic heterocycles. The van der Waals surface area contributed by atoms with Crippen LogP contribution in [0, 0.1) is 0 Å². The van der Waals surface area contributed by atoms with Crippen LogP contribution in [-0.4, -0.2) is 42.9 Å². The Morgan fingerprint density at radius 2 is 1.16 bits per heavy atom. The van der Waals surface area contributed by atoms with Crippen LogP contribution in [0.3, 0.4) is 0 Å². The molecule has 2 N–H and O–H groups in total. The molecule has 0 aromatic heterocycles. The van der Waals surface area contributed by atoms with Crippen LogP contribution in [0.2, 0.25) is 0 Å². The van der Waals surface area contributed by atoms with Crippen LogP contribution in [0.5, 0.6) is 0 Å². The van der Waals surface area contributed by atoms with E-state index >= 15 is 0 Å². The summed E-state index contributed by atoms with van der Waals surface area (Å²) in [7, 11) is 4.23. The number of hydrogen-bond acceptors (Lipinski definition) is 2. The van der Waals surface area contributed by atoms with E-state index in [9.17, 15) is 4.79 Å². The molecule has 0 aliphatic carbocycles. The highest BCUT2D eigenvalue weighted by Crippen LogP contribution is 2.13. The number of quaternary nitrogens is 1. The molecule has 150 valence electrons. The first-order valence-electron chi connectivity index (χ1n) is 10.8. The highest BCUT2D eigenvalue weighted by atomic mass is 16.4. The van der Waals surface area contributed by atoms with Crippen molar-refractivity contribution >= 4 is 5.97 Å². The predicted octanol–water partition coefficient (Wildman–Crippen LogP) is 5.52. The van der Waals surface area contributed by atoms with Gasteiger partial charge < -0.3 is 5.11 Å². The molecule has 0 spiro atoms. The topological polar surface area (TPSA) is 49.3 Å². The SMILES string of the molecule is CCCCCCCCCCCCCCCC[N+](C)(C)NCCC(=O)O. The van der Waals surface area contributed by atoms with E-state index in [1.165, 1.54) is 89.9 Å². The summed E-state index contributed by atoms with van der Waals surface area (Å²) in [6, 6.07) is 0. The van der Waals surface area contributed by atoms with Gasteiger partial charge >= 0.3 is 5.97 Å². The number of nitrogens with one attached hydrogen (secondary N) is 1. The first-order valence-corrected chi connectivity index (χ1v) is 10.8. The van der Waals surface area contributed by atoms with E-state index < -0.39 is 5.97 Å². The van der Waals surface area contributed by atoms with Gasteiger partial charge in [-0.2, -0.15) is 5.43 Å². The first-order chi connectivity index (χ1) is 12.0. The fourth-order valence-corrected chi connectivity index (χ4v) is 3.25. The van der Waals surface area contributed by atoms with Gasteiger partial charge in [0.15, 0.2) is 0 Å². The van der Waals surface area contributed by atoms with Crippen LogP contribution < -0.4 is 5.43 Å². The Bertz CT molecular complexity index is 306. The molecule has 0 unspecified atom stereocenters. The third-order valence-electron chi connectivity index (χ3n) is 4.95. The third-order valence-corrected chi connectivity index (χ3v) is 4.95. The highest BCUT2D eigenvalue weighted by molar-refractivity contribution is 5.66. The monoisotopic (exact) mass is 357 g/mol. The third kappa shape index (κ3) is 19.6. The molecule has 0 saturated carbocycles. The van der Waals surface area contributed by atoms with E-state index in [2.05, 4.69) is 26.4 Å². The average molecular weight is 358 g/mol. The van der Waals surface area contributed by atoms with Crippen LogP contribution in [0.4, 0.5) is 0 Å². The summed E-state index contributed by atoms with van der Waals surface area (Å²) in [5, 5.41) is 8.67. The zero-order valence-corrected chi connectivity index (χ0v) is 17.3. The lowest BCUT2D eigenvalue weighted by atomic mass is 10.0. The summed E-state index contributed by atoms with van der Waals surface area (Å²) in [5.41, 5.74) is 3.29. The van der Waals surface area contributed by atoms with Crippen molar-refractivity contribution < 1.29 is 14.5 Å². The Hall–Kier alpha value is -0.610. The number of rotatable bonds is 19. The van der Waals surface area contributed by atoms with Crippen molar-refractivity contribution in [3.8, 4) is 0 Å². The Balaban J connectivity index is 3.26. The molecular formula is C21H45N2O2+. The van der Waals surface area contributed by atoms with Crippen LogP contribution in [0.15, 0.2) is 0 Å². The molecule has 0 fully saturated rings. The van der Waals surface area contributed by atoms with Crippen molar-refractivity contribution in [3.05, 3.63) is 0 Å². The van der Waals surface area contributed by atoms with Crippen LogP contribution in [0.25, 0.3) is 0 Å². The van der Waals surface area contributed by atoms with Crippen molar-refractivity contribution in [3.63, 3.8) is 0 Å². The number of carboxylic acids is 1. The second-order valence-corrected chi connectivity index (χ2v) is 8.06. The lowest BCUT2D eigenvalue weighted by Crippen LogP contribution is -2.52. The summed E-state index contributed by atoms with van der Waals surface area (Å²) in [6.45, 7) is 3.89. The number of nitrogens with zero attached hydrogens (tertiary/aromatic N) is 1. The van der Waals surface area contributed by atoms with E-state index in [1.807, 2.05) is 0 Å². The van der Waals surface area contributed by atoms with E-state index in [0.29, 0.717) is 11.1 Å². The zero-order valence-electron chi connectivity index (χ0n) is 17.3. The van der Waals surface area contributed by atoms with Crippen LogP contribution in [0.1, 0.15) is 103 Å². The van der Waals surface area contributed by atoms with Crippen molar-refractivity contribution in [2.24, 2.45) is 0 Å². The molecule has 0 saturated heterocycles. The molecule has 0 bridgehead atoms. The van der Waals surface area contributed by atoms with Crippen LogP contribution in [-0.2, 0) is 4.79 Å². The fraction of sp³-hybridized carbons (Fsp3) is 0.952. The lowest BCUT2D eigenvalue weighted by Gasteiger charge is -2.29. The molecule has 4 nitrogen and oxygen atoms in total. The van der Waals surface area contributed by atoms with E-state index in [1.54, 1.807) is 0 Å². The van der Waals surface area contributed by atoms with Gasteiger partial charge in [0.25, 0.3) is 0 Å². The quantitative estimate of drug-likeness (QED) is 0.182. The lowest BCUT2D eigenvalue weighted by molar-refractivity contribution is -0.934. The predicted molar refractivity (Wildman–Crippen MR) is 108 cm³/mol. The van der Waals surface area contributed by atoms with Crippen molar-refractivity contribution in [2.45, 2.75) is 103 Å². The molecule has 0 amide bonds. The highest BCUT2D eigenvalue weighted by Gasteiger charge is 2.14. The minimum atomic E-state index is -0.732. The maximum atomic E-state index is 10.5. The molecule has 0 radical (unpaired) electrons. The van der Waals surface area contributed by atoms with Gasteiger partial charge in [-0.25, -0.2) is 0 Å². The fourth-order valence-electron chi connectivity index (χ4n) is 3.25. The van der Waals surface area contributed by atoms with Gasteiger partial charge in [0.05, 0.1) is 33.6 Å². The molecule has 0 aliphatic rings. The van der Waals surface area contributed by atoms with Crippen molar-refractivity contribution in [2.75, 3.05) is 27.2 Å². The summed E-state index contributed by atoms with van der Waals surface area (Å²) in [4.78, 5) is 10.5. The normalized spacial score (nSPS) is 11.8. The second kappa shape index (κ2) is 16.8. The van der Waals surface area contributed by atoms with Gasteiger partial charge in [-0.1, -0.05) is 84.0 Å². The van der Waals surface area contributed by atoms with Crippen LogP contribution >= 0.6 is 0 Å². The zero-order chi connectivity index (χ0) is 18.8. The molecule has 4 heteroatoms. The Labute approximate surface area is 156 Å². The maximum absolute atomic E-state index is 10.5. The summed E-state index contributed by atoms with van der Waals surface area (Å²) in [5.74, 6) is -0.732. The molecule has 0 atom stereocenters. The largest absolute Gasteiger partial charge is 0.481 e. The smallest absolute Gasteiger partial charge is 0.304 e. The van der Waals surface area contributed by atoms with Gasteiger partial charge in [0.2, 0.25) is 0 Å². The van der Waals surface area contributed by atoms with Gasteiger partial charge in [-0.3, -0.25) is 9.39 Å². The number of carboxylic acid groups (broad SMARTS) is 1. The number of hydrogen-bond donors (Lipinski definition) is 2. The Morgan fingerprint density at radius 3 is 1.56 bits per heavy atom. The number of aliphatic carboxylic acids is 1. The first kappa shape index (κ1) is 24.4. The summed E-state index contributed by atoms with van der Waals surface area (Å²) >= 11 is 0. The standard InChI is InChI=1S/C21H44N2O2/c1-4-5-6-7-8-9-10-11-12-13-14-15-16-17-20-23(2,3)22-19-18-21(24)25/h22H,4-20H2,1-3H3/p+1. The van der Waals surface area contributed by atoms with E-state index in [4.69, 9.17) is 5.11 Å². The summed E-state index contributed by atoms with van der Waals surface area (Å²) < 4.78 is 0.714. The van der Waals surface area contributed by atoms with Crippen molar-refractivity contribution in [1.82, 2.24) is 5.43 Å². The summed E-state index contributed by atoms with van der Waals surface area (Å²) in [6.07, 6.45) is 19.6. The second-order valence-electron chi connectivity index (χ2n) is 8.06. The molecule has 25 heavy (non-hydrogen) atoms. The molecule has 0 heterocycles. The molecule has 0 aromatic rings. The Morgan fingerprint density at radius 1 is 0.760 bits per heavy atom. The van der Waals surface area contributed by atoms with Gasteiger partial charge in [0.1, 0.15) is 0 Å². The number of unbranched alkanes of at least 4 members (excludes halogenated alkanes) is 13. The van der Waals surface area contributed by atoms with Gasteiger partial charge in [0, 0.05) is 0 Å². The average Bonchev–Trinajstić information content (AvgIpc) is 2.54. The minimum absolute atomic E-state index is 0.195. The number of carbonyl (C=O) groups is 1. The van der Waals surface area contributed by atoms with E-state index in [-0.39, 0.29) is 6.42 Å². The molecule has 0 aromatic carbocycles. The molecular weight excluding hydrogens is 312 g/mol. The van der Waals surface area contributed by atoms with Crippen molar-refractivity contribution in [1.29, 1.82) is 0 Å². The molecule has 0 rings (SSSR count).